The Balaban J connectivity index is 1.97. The molecular weight excluding hydrogens is 361 g/mol. The van der Waals surface area contributed by atoms with Crippen LogP contribution < -0.4 is 4.90 Å². The van der Waals surface area contributed by atoms with Crippen LogP contribution >= 0.6 is 11.3 Å². The fourth-order valence-electron chi connectivity index (χ4n) is 2.47. The van der Waals surface area contributed by atoms with Gasteiger partial charge in [0.1, 0.15) is 5.82 Å². The molecule has 0 N–H and O–H groups in total. The molecule has 0 saturated heterocycles. The lowest BCUT2D eigenvalue weighted by Crippen LogP contribution is -2.31. The van der Waals surface area contributed by atoms with Gasteiger partial charge in [0, 0.05) is 48.4 Å². The molecule has 0 aliphatic heterocycles. The topological polar surface area (TPSA) is 41.9 Å². The summed E-state index contributed by atoms with van der Waals surface area (Å²) >= 11 is 1.62. The minimum Gasteiger partial charge on any atom is -0.356 e. The molecule has 8 heteroatoms. The molecule has 0 radical (unpaired) electrons. The maximum absolute atomic E-state index is 13.3. The highest BCUT2D eigenvalue weighted by Gasteiger charge is 2.34. The first-order valence-corrected chi connectivity index (χ1v) is 8.84. The molecule has 0 fully saturated rings. The van der Waals surface area contributed by atoms with Gasteiger partial charge in [-0.2, -0.15) is 13.2 Å². The molecule has 136 valence electrons. The fraction of sp³-hybridized carbons (Fsp3) is 0.278. The molecule has 1 atom stereocenters. The zero-order valence-corrected chi connectivity index (χ0v) is 15.1. The monoisotopic (exact) mass is 378 g/mol. The van der Waals surface area contributed by atoms with E-state index in [0.29, 0.717) is 5.56 Å². The van der Waals surface area contributed by atoms with Crippen LogP contribution in [0, 0.1) is 0 Å². The Labute approximate surface area is 153 Å². The SMILES string of the molecule is CC(Cc1cccs1)N(C)c1cc(C(F)(F)F)nc(-c2cccnc2)n1. The Bertz CT molecular complexity index is 851. The molecule has 0 spiro atoms. The molecule has 3 aromatic rings. The first-order chi connectivity index (χ1) is 12.3. The van der Waals surface area contributed by atoms with Gasteiger partial charge in [-0.3, -0.25) is 4.98 Å². The van der Waals surface area contributed by atoms with Crippen molar-refractivity contribution in [2.45, 2.75) is 25.6 Å². The predicted molar refractivity (Wildman–Crippen MR) is 96.2 cm³/mol. The van der Waals surface area contributed by atoms with Crippen LogP contribution in [0.25, 0.3) is 11.4 Å². The molecule has 3 aromatic heterocycles. The summed E-state index contributed by atoms with van der Waals surface area (Å²) in [5.41, 5.74) is -0.518. The second-order valence-corrected chi connectivity index (χ2v) is 6.95. The molecule has 1 unspecified atom stereocenters. The Kier molecular flexibility index (Phi) is 5.22. The standard InChI is InChI=1S/C18H17F3N4S/c1-12(9-14-6-4-8-26-14)25(2)16-10-15(18(19,20)21)23-17(24-16)13-5-3-7-22-11-13/h3-8,10-12H,9H2,1-2H3. The van der Waals surface area contributed by atoms with Crippen LogP contribution in [-0.2, 0) is 12.6 Å². The number of alkyl halides is 3. The Morgan fingerprint density at radius 2 is 2.00 bits per heavy atom. The van der Waals surface area contributed by atoms with Crippen molar-refractivity contribution < 1.29 is 13.2 Å². The van der Waals surface area contributed by atoms with E-state index in [1.54, 1.807) is 41.6 Å². The highest BCUT2D eigenvalue weighted by Crippen LogP contribution is 2.32. The third kappa shape index (κ3) is 4.19. The van der Waals surface area contributed by atoms with E-state index in [9.17, 15) is 13.2 Å². The van der Waals surface area contributed by atoms with E-state index < -0.39 is 11.9 Å². The molecule has 0 amide bonds. The van der Waals surface area contributed by atoms with Crippen molar-refractivity contribution in [1.82, 2.24) is 15.0 Å². The lowest BCUT2D eigenvalue weighted by Gasteiger charge is -2.26. The molecule has 4 nitrogen and oxygen atoms in total. The first-order valence-electron chi connectivity index (χ1n) is 7.96. The van der Waals surface area contributed by atoms with Gasteiger partial charge in [-0.15, -0.1) is 11.3 Å². The minimum atomic E-state index is -4.55. The second kappa shape index (κ2) is 7.41. The van der Waals surface area contributed by atoms with E-state index in [4.69, 9.17) is 0 Å². The molecule has 3 heterocycles. The maximum Gasteiger partial charge on any atom is 0.433 e. The van der Waals surface area contributed by atoms with Gasteiger partial charge in [0.2, 0.25) is 0 Å². The third-order valence-electron chi connectivity index (χ3n) is 4.02. The van der Waals surface area contributed by atoms with E-state index in [-0.39, 0.29) is 17.7 Å². The van der Waals surface area contributed by atoms with Gasteiger partial charge in [-0.1, -0.05) is 6.07 Å². The van der Waals surface area contributed by atoms with Gasteiger partial charge in [-0.25, -0.2) is 9.97 Å². The molecule has 0 bridgehead atoms. The van der Waals surface area contributed by atoms with Crippen molar-refractivity contribution in [3.8, 4) is 11.4 Å². The highest BCUT2D eigenvalue weighted by molar-refractivity contribution is 7.09. The van der Waals surface area contributed by atoms with Gasteiger partial charge in [0.25, 0.3) is 0 Å². The zero-order valence-electron chi connectivity index (χ0n) is 14.2. The molecule has 0 saturated carbocycles. The van der Waals surface area contributed by atoms with Gasteiger partial charge in [-0.05, 0) is 30.5 Å². The van der Waals surface area contributed by atoms with Crippen LogP contribution in [0.15, 0.2) is 48.1 Å². The van der Waals surface area contributed by atoms with Crippen molar-refractivity contribution >= 4 is 17.2 Å². The molecular formula is C18H17F3N4S. The van der Waals surface area contributed by atoms with Gasteiger partial charge >= 0.3 is 6.18 Å². The van der Waals surface area contributed by atoms with Crippen LogP contribution in [0.2, 0.25) is 0 Å². The van der Waals surface area contributed by atoms with E-state index in [2.05, 4.69) is 15.0 Å². The number of nitrogens with zero attached hydrogens (tertiary/aromatic N) is 4. The van der Waals surface area contributed by atoms with Crippen LogP contribution in [0.4, 0.5) is 19.0 Å². The van der Waals surface area contributed by atoms with E-state index in [1.807, 2.05) is 24.4 Å². The molecule has 0 aliphatic rings. The minimum absolute atomic E-state index is 0.0121. The summed E-state index contributed by atoms with van der Waals surface area (Å²) in [7, 11) is 1.74. The quantitative estimate of drug-likeness (QED) is 0.646. The number of thiophene rings is 1. The van der Waals surface area contributed by atoms with Crippen LogP contribution in [-0.4, -0.2) is 28.0 Å². The summed E-state index contributed by atoms with van der Waals surface area (Å²) < 4.78 is 39.9. The molecule has 3 rings (SSSR count). The van der Waals surface area contributed by atoms with Crippen LogP contribution in [0.3, 0.4) is 0 Å². The summed E-state index contributed by atoms with van der Waals surface area (Å²) in [5, 5.41) is 1.98. The summed E-state index contributed by atoms with van der Waals surface area (Å²) in [5.74, 6) is 0.244. The Hall–Kier alpha value is -2.48. The number of anilines is 1. The number of hydrogen-bond acceptors (Lipinski definition) is 5. The van der Waals surface area contributed by atoms with Crippen molar-refractivity contribution in [2.24, 2.45) is 0 Å². The number of halogens is 3. The van der Waals surface area contributed by atoms with Gasteiger partial charge in [0.05, 0.1) is 0 Å². The number of pyridine rings is 1. The number of aromatic nitrogens is 3. The smallest absolute Gasteiger partial charge is 0.356 e. The zero-order chi connectivity index (χ0) is 18.7. The van der Waals surface area contributed by atoms with E-state index in [1.165, 1.54) is 11.1 Å². The summed E-state index contributed by atoms with van der Waals surface area (Å²) in [4.78, 5) is 14.9. The van der Waals surface area contributed by atoms with Crippen molar-refractivity contribution in [3.63, 3.8) is 0 Å². The fourth-order valence-corrected chi connectivity index (χ4v) is 3.29. The van der Waals surface area contributed by atoms with Crippen molar-refractivity contribution in [3.05, 3.63) is 58.7 Å². The van der Waals surface area contributed by atoms with E-state index >= 15 is 0 Å². The summed E-state index contributed by atoms with van der Waals surface area (Å²) in [6, 6.07) is 8.22. The van der Waals surface area contributed by atoms with Crippen molar-refractivity contribution in [1.29, 1.82) is 0 Å². The maximum atomic E-state index is 13.3. The number of likely N-dealkylation sites (N-methyl/N-ethyl adjacent to an activating group) is 1. The largest absolute Gasteiger partial charge is 0.433 e. The Morgan fingerprint density at radius 1 is 1.19 bits per heavy atom. The summed E-state index contributed by atoms with van der Waals surface area (Å²) in [6.45, 7) is 1.96. The molecule has 0 aliphatic carbocycles. The average molecular weight is 378 g/mol. The lowest BCUT2D eigenvalue weighted by atomic mass is 10.2. The first kappa shape index (κ1) is 18.3. The number of hydrogen-bond donors (Lipinski definition) is 0. The third-order valence-corrected chi connectivity index (χ3v) is 4.92. The second-order valence-electron chi connectivity index (χ2n) is 5.92. The lowest BCUT2D eigenvalue weighted by molar-refractivity contribution is -0.141. The van der Waals surface area contributed by atoms with Gasteiger partial charge < -0.3 is 4.90 Å². The van der Waals surface area contributed by atoms with E-state index in [0.717, 1.165) is 12.5 Å². The molecule has 0 aromatic carbocycles. The average Bonchev–Trinajstić information content (AvgIpc) is 3.13. The molecule has 26 heavy (non-hydrogen) atoms. The highest BCUT2D eigenvalue weighted by atomic mass is 32.1. The predicted octanol–water partition coefficient (Wildman–Crippen LogP) is 4.69. The van der Waals surface area contributed by atoms with Crippen molar-refractivity contribution in [2.75, 3.05) is 11.9 Å². The Morgan fingerprint density at radius 3 is 2.62 bits per heavy atom. The normalized spacial score (nSPS) is 12.8. The van der Waals surface area contributed by atoms with Gasteiger partial charge in [0.15, 0.2) is 11.5 Å². The van der Waals surface area contributed by atoms with Crippen LogP contribution in [0.1, 0.15) is 17.5 Å². The summed E-state index contributed by atoms with van der Waals surface area (Å²) in [6.07, 6.45) is -0.824. The number of rotatable bonds is 5. The van der Waals surface area contributed by atoms with Crippen LogP contribution in [0.5, 0.6) is 0 Å².